The third kappa shape index (κ3) is 6.26. The second-order valence-electron chi connectivity index (χ2n) is 9.85. The van der Waals surface area contributed by atoms with E-state index in [1.807, 2.05) is 45.9 Å². The first kappa shape index (κ1) is 25.1. The third-order valence-electron chi connectivity index (χ3n) is 6.08. The molecule has 1 aromatic carbocycles. The van der Waals surface area contributed by atoms with Crippen LogP contribution >= 0.6 is 0 Å². The molecule has 3 rings (SSSR count). The lowest BCUT2D eigenvalue weighted by Crippen LogP contribution is -2.60. The molecule has 8 nitrogen and oxygen atoms in total. The first-order valence-corrected chi connectivity index (χ1v) is 12.0. The smallest absolute Gasteiger partial charge is 0.350 e. The Morgan fingerprint density at radius 2 is 1.91 bits per heavy atom. The van der Waals surface area contributed by atoms with Gasteiger partial charge in [-0.05, 0) is 46.9 Å². The highest BCUT2D eigenvalue weighted by Gasteiger charge is 2.56. The van der Waals surface area contributed by atoms with E-state index >= 15 is 0 Å². The molecule has 1 aromatic rings. The van der Waals surface area contributed by atoms with Crippen molar-refractivity contribution in [3.8, 4) is 0 Å². The van der Waals surface area contributed by atoms with Crippen molar-refractivity contribution < 1.29 is 23.7 Å². The van der Waals surface area contributed by atoms with E-state index < -0.39 is 16.7 Å². The van der Waals surface area contributed by atoms with Crippen molar-refractivity contribution in [3.63, 3.8) is 0 Å². The average Bonchev–Trinajstić information content (AvgIpc) is 3.35. The highest BCUT2D eigenvalue weighted by atomic mass is 16.6. The third-order valence-corrected chi connectivity index (χ3v) is 6.08. The van der Waals surface area contributed by atoms with Gasteiger partial charge < -0.3 is 4.74 Å². The molecular weight excluding hydrogens is 420 g/mol. The Morgan fingerprint density at radius 1 is 1.18 bits per heavy atom. The Balaban J connectivity index is 1.72. The van der Waals surface area contributed by atoms with Crippen LogP contribution in [0.25, 0.3) is 0 Å². The maximum Gasteiger partial charge on any atom is 0.560 e. The summed E-state index contributed by atoms with van der Waals surface area (Å²) >= 11 is 0. The summed E-state index contributed by atoms with van der Waals surface area (Å²) in [6, 6.07) is 9.71. The molecule has 8 heteroatoms. The number of Topliss-reactive ketones (excluding diaryl/α,β-unsaturated/α-hetero) is 1. The molecule has 2 atom stereocenters. The molecule has 0 saturated carbocycles. The van der Waals surface area contributed by atoms with Gasteiger partial charge in [0.05, 0.1) is 6.17 Å². The van der Waals surface area contributed by atoms with E-state index in [1.165, 1.54) is 5.56 Å². The molecule has 1 unspecified atom stereocenters. The SMILES string of the molecule is CC(C)CCC(=O)C1=N[N+](CC(C)C)(C(=O)N[C@@H]2CCCN2CCc2ccccc2)C(=O)O1. The molecule has 2 aliphatic heterocycles. The fourth-order valence-corrected chi connectivity index (χ4v) is 4.29. The summed E-state index contributed by atoms with van der Waals surface area (Å²) in [5, 5.41) is 7.31. The van der Waals surface area contributed by atoms with Crippen LogP contribution in [0.5, 0.6) is 0 Å². The molecule has 1 fully saturated rings. The monoisotopic (exact) mass is 457 g/mol. The summed E-state index contributed by atoms with van der Waals surface area (Å²) in [5.41, 5.74) is 1.25. The molecule has 1 N–H and O–H groups in total. The first-order chi connectivity index (χ1) is 15.7. The van der Waals surface area contributed by atoms with Gasteiger partial charge in [0.15, 0.2) is 0 Å². The molecule has 33 heavy (non-hydrogen) atoms. The fourth-order valence-electron chi connectivity index (χ4n) is 4.29. The lowest BCUT2D eigenvalue weighted by Gasteiger charge is -2.28. The lowest BCUT2D eigenvalue weighted by molar-refractivity contribution is -0.779. The van der Waals surface area contributed by atoms with Gasteiger partial charge in [-0.15, -0.1) is 0 Å². The van der Waals surface area contributed by atoms with Crippen LogP contribution in [0.3, 0.4) is 0 Å². The Hall–Kier alpha value is -2.58. The van der Waals surface area contributed by atoms with Gasteiger partial charge in [0, 0.05) is 25.4 Å². The maximum absolute atomic E-state index is 13.4. The number of likely N-dealkylation sites (tertiary alicyclic amines) is 1. The number of benzene rings is 1. The molecule has 1 saturated heterocycles. The van der Waals surface area contributed by atoms with E-state index in [0.717, 1.165) is 32.4 Å². The predicted molar refractivity (Wildman–Crippen MR) is 126 cm³/mol. The van der Waals surface area contributed by atoms with Gasteiger partial charge in [-0.1, -0.05) is 58.0 Å². The van der Waals surface area contributed by atoms with Gasteiger partial charge in [-0.3, -0.25) is 15.0 Å². The van der Waals surface area contributed by atoms with Crippen LogP contribution in [0.15, 0.2) is 35.4 Å². The van der Waals surface area contributed by atoms with Crippen LogP contribution in [0.2, 0.25) is 0 Å². The van der Waals surface area contributed by atoms with Gasteiger partial charge in [0.25, 0.3) is 0 Å². The Kier molecular flexibility index (Phi) is 8.37. The van der Waals surface area contributed by atoms with Crippen molar-refractivity contribution >= 4 is 23.8 Å². The molecule has 0 bridgehead atoms. The van der Waals surface area contributed by atoms with E-state index in [4.69, 9.17) is 4.74 Å². The summed E-state index contributed by atoms with van der Waals surface area (Å²) < 4.78 is 4.39. The van der Waals surface area contributed by atoms with Crippen LogP contribution in [-0.4, -0.2) is 59.1 Å². The minimum atomic E-state index is -0.858. The van der Waals surface area contributed by atoms with Gasteiger partial charge in [-0.25, -0.2) is 4.79 Å². The first-order valence-electron chi connectivity index (χ1n) is 12.0. The van der Waals surface area contributed by atoms with E-state index in [9.17, 15) is 14.4 Å². The number of quaternary nitrogens is 1. The number of carbonyl (C=O) groups is 3. The number of cyclic esters (lactones) is 1. The summed E-state index contributed by atoms with van der Waals surface area (Å²) in [5.74, 6) is -0.244. The average molecular weight is 458 g/mol. The summed E-state index contributed by atoms with van der Waals surface area (Å²) in [6.07, 6.45) is 2.59. The molecule has 0 radical (unpaired) electrons. The van der Waals surface area contributed by atoms with Crippen LogP contribution in [0, 0.1) is 11.8 Å². The second kappa shape index (κ2) is 11.0. The number of carbonyl (C=O) groups excluding carboxylic acids is 3. The van der Waals surface area contributed by atoms with Crippen LogP contribution in [-0.2, 0) is 16.0 Å². The minimum absolute atomic E-state index is 0.00470. The van der Waals surface area contributed by atoms with Crippen molar-refractivity contribution in [3.05, 3.63) is 35.9 Å². The van der Waals surface area contributed by atoms with Crippen molar-refractivity contribution in [1.29, 1.82) is 0 Å². The summed E-state index contributed by atoms with van der Waals surface area (Å²) in [7, 11) is 0. The number of rotatable bonds is 10. The number of nitrogens with one attached hydrogen (secondary N) is 1. The molecule has 2 aliphatic rings. The highest BCUT2D eigenvalue weighted by Crippen LogP contribution is 2.25. The largest absolute Gasteiger partial charge is 0.560 e. The van der Waals surface area contributed by atoms with Crippen molar-refractivity contribution in [2.45, 2.75) is 66.0 Å². The number of hydrogen-bond acceptors (Lipinski definition) is 6. The number of amides is 3. The molecule has 0 aromatic heterocycles. The molecule has 3 amide bonds. The highest BCUT2D eigenvalue weighted by molar-refractivity contribution is 6.38. The second-order valence-corrected chi connectivity index (χ2v) is 9.85. The van der Waals surface area contributed by atoms with Crippen molar-refractivity contribution in [1.82, 2.24) is 10.2 Å². The van der Waals surface area contributed by atoms with E-state index in [0.29, 0.717) is 12.3 Å². The normalized spacial score (nSPS) is 23.2. The van der Waals surface area contributed by atoms with Crippen molar-refractivity contribution in [2.75, 3.05) is 19.6 Å². The van der Waals surface area contributed by atoms with Crippen LogP contribution in [0.1, 0.15) is 58.9 Å². The predicted octanol–water partition coefficient (Wildman–Crippen LogP) is 4.30. The Morgan fingerprint density at radius 3 is 2.58 bits per heavy atom. The van der Waals surface area contributed by atoms with Gasteiger partial charge in [0.2, 0.25) is 5.78 Å². The number of urea groups is 1. The number of imide groups is 1. The van der Waals surface area contributed by atoms with Crippen LogP contribution < -0.4 is 5.32 Å². The molecule has 0 spiro atoms. The molecular formula is C25H37N4O4+. The van der Waals surface area contributed by atoms with E-state index in [2.05, 4.69) is 27.5 Å². The fraction of sp³-hybridized carbons (Fsp3) is 0.600. The standard InChI is InChI=1S/C25H36N4O4/c1-18(2)12-13-21(30)23-27-29(17-19(3)4,25(32)33-23)24(31)26-22-11-8-15-28(22)16-14-20-9-6-5-7-10-20/h5-7,9-10,18-19,22H,8,11-17H2,1-4H3/p+1/t22-,29?/m0/s1. The van der Waals surface area contributed by atoms with Gasteiger partial charge >= 0.3 is 18.0 Å². The number of ketones is 1. The summed E-state index contributed by atoms with van der Waals surface area (Å²) in [4.78, 5) is 41.1. The zero-order chi connectivity index (χ0) is 24.0. The Labute approximate surface area is 196 Å². The van der Waals surface area contributed by atoms with Crippen LogP contribution in [0.4, 0.5) is 9.59 Å². The lowest BCUT2D eigenvalue weighted by atomic mass is 10.1. The minimum Gasteiger partial charge on any atom is -0.350 e. The number of ether oxygens (including phenoxy) is 1. The number of hydrogen-bond donors (Lipinski definition) is 1. The Bertz CT molecular complexity index is 884. The zero-order valence-corrected chi connectivity index (χ0v) is 20.3. The number of nitrogens with zero attached hydrogens (tertiary/aromatic N) is 3. The summed E-state index contributed by atoms with van der Waals surface area (Å²) in [6.45, 7) is 9.70. The van der Waals surface area contributed by atoms with Crippen molar-refractivity contribution in [2.24, 2.45) is 16.9 Å². The van der Waals surface area contributed by atoms with Gasteiger partial charge in [0.1, 0.15) is 6.54 Å². The quantitative estimate of drug-likeness (QED) is 0.529. The topological polar surface area (TPSA) is 88.1 Å². The maximum atomic E-state index is 13.4. The van der Waals surface area contributed by atoms with E-state index in [-0.39, 0.29) is 36.7 Å². The zero-order valence-electron chi connectivity index (χ0n) is 20.3. The molecule has 180 valence electrons. The van der Waals surface area contributed by atoms with E-state index in [1.54, 1.807) is 0 Å². The molecule has 2 heterocycles. The molecule has 0 aliphatic carbocycles. The van der Waals surface area contributed by atoms with Gasteiger partial charge in [-0.2, -0.15) is 4.79 Å².